The van der Waals surface area contributed by atoms with E-state index in [2.05, 4.69) is 52.0 Å². The van der Waals surface area contributed by atoms with Gasteiger partial charge in [-0.25, -0.2) is 9.97 Å². The predicted octanol–water partition coefficient (Wildman–Crippen LogP) is 4.67. The summed E-state index contributed by atoms with van der Waals surface area (Å²) in [5, 5.41) is 3.59. The van der Waals surface area contributed by atoms with Crippen molar-refractivity contribution in [1.82, 2.24) is 9.97 Å². The first-order chi connectivity index (χ1) is 8.95. The standard InChI is InChI=1S/C15H24BrN3/c1-15(2,3)14-18-12(16)10-13(19-14)17-11-8-6-4-5-7-9-11/h10-11H,4-9H2,1-3H3,(H,17,18,19). The Morgan fingerprint density at radius 3 is 2.32 bits per heavy atom. The van der Waals surface area contributed by atoms with Crippen molar-refractivity contribution >= 4 is 21.7 Å². The molecular formula is C15H24BrN3. The molecule has 0 unspecified atom stereocenters. The van der Waals surface area contributed by atoms with Gasteiger partial charge in [0.2, 0.25) is 0 Å². The summed E-state index contributed by atoms with van der Waals surface area (Å²) in [6, 6.07) is 2.55. The van der Waals surface area contributed by atoms with Crippen molar-refractivity contribution in [3.8, 4) is 0 Å². The number of rotatable bonds is 2. The van der Waals surface area contributed by atoms with Gasteiger partial charge in [0.15, 0.2) is 0 Å². The van der Waals surface area contributed by atoms with Crippen LogP contribution in [0.25, 0.3) is 0 Å². The van der Waals surface area contributed by atoms with Crippen molar-refractivity contribution < 1.29 is 0 Å². The Morgan fingerprint density at radius 1 is 1.11 bits per heavy atom. The molecule has 1 fully saturated rings. The first kappa shape index (κ1) is 14.8. The number of halogens is 1. The molecule has 1 heterocycles. The van der Waals surface area contributed by atoms with Crippen LogP contribution in [-0.2, 0) is 5.41 Å². The van der Waals surface area contributed by atoms with Gasteiger partial charge >= 0.3 is 0 Å². The monoisotopic (exact) mass is 325 g/mol. The Hall–Kier alpha value is -0.640. The maximum atomic E-state index is 4.68. The summed E-state index contributed by atoms with van der Waals surface area (Å²) in [6.07, 6.45) is 7.92. The Morgan fingerprint density at radius 2 is 1.74 bits per heavy atom. The average molecular weight is 326 g/mol. The molecule has 106 valence electrons. The third-order valence-electron chi connectivity index (χ3n) is 3.57. The third-order valence-corrected chi connectivity index (χ3v) is 3.98. The largest absolute Gasteiger partial charge is 0.367 e. The van der Waals surface area contributed by atoms with Crippen molar-refractivity contribution in [2.45, 2.75) is 70.8 Å². The van der Waals surface area contributed by atoms with Crippen molar-refractivity contribution in [2.24, 2.45) is 0 Å². The van der Waals surface area contributed by atoms with Crippen LogP contribution in [0.1, 0.15) is 65.1 Å². The van der Waals surface area contributed by atoms with Crippen LogP contribution in [0.3, 0.4) is 0 Å². The summed E-state index contributed by atoms with van der Waals surface area (Å²) in [4.78, 5) is 9.16. The molecule has 0 radical (unpaired) electrons. The van der Waals surface area contributed by atoms with Crippen LogP contribution in [0, 0.1) is 0 Å². The second-order valence-corrected chi connectivity index (χ2v) is 7.29. The van der Waals surface area contributed by atoms with Gasteiger partial charge in [-0.05, 0) is 28.8 Å². The Bertz CT molecular complexity index is 418. The molecule has 0 amide bonds. The predicted molar refractivity (Wildman–Crippen MR) is 83.5 cm³/mol. The summed E-state index contributed by atoms with van der Waals surface area (Å²) in [6.45, 7) is 6.43. The molecule has 4 heteroatoms. The highest BCUT2D eigenvalue weighted by atomic mass is 79.9. The average Bonchev–Trinajstić information content (AvgIpc) is 2.55. The van der Waals surface area contributed by atoms with Gasteiger partial charge < -0.3 is 5.32 Å². The summed E-state index contributed by atoms with van der Waals surface area (Å²) in [5.74, 6) is 1.84. The molecular weight excluding hydrogens is 302 g/mol. The van der Waals surface area contributed by atoms with E-state index in [0.29, 0.717) is 6.04 Å². The molecule has 0 bridgehead atoms. The molecule has 19 heavy (non-hydrogen) atoms. The van der Waals surface area contributed by atoms with Crippen molar-refractivity contribution in [3.05, 3.63) is 16.5 Å². The molecule has 2 rings (SSSR count). The molecule has 1 aliphatic carbocycles. The maximum Gasteiger partial charge on any atom is 0.137 e. The number of anilines is 1. The van der Waals surface area contributed by atoms with Gasteiger partial charge in [0.25, 0.3) is 0 Å². The molecule has 0 aromatic carbocycles. The molecule has 0 saturated heterocycles. The van der Waals surface area contributed by atoms with Crippen LogP contribution in [0.5, 0.6) is 0 Å². The van der Waals surface area contributed by atoms with Crippen LogP contribution in [-0.4, -0.2) is 16.0 Å². The molecule has 1 saturated carbocycles. The molecule has 0 spiro atoms. The number of hydrogen-bond acceptors (Lipinski definition) is 3. The summed E-state index contributed by atoms with van der Waals surface area (Å²) in [7, 11) is 0. The van der Waals surface area contributed by atoms with E-state index in [1.807, 2.05) is 6.07 Å². The highest BCUT2D eigenvalue weighted by Gasteiger charge is 2.20. The minimum Gasteiger partial charge on any atom is -0.367 e. The lowest BCUT2D eigenvalue weighted by Crippen LogP contribution is -2.22. The van der Waals surface area contributed by atoms with Gasteiger partial charge in [0.05, 0.1) is 0 Å². The number of hydrogen-bond donors (Lipinski definition) is 1. The van der Waals surface area contributed by atoms with E-state index in [1.54, 1.807) is 0 Å². The maximum absolute atomic E-state index is 4.68. The van der Waals surface area contributed by atoms with Crippen molar-refractivity contribution in [3.63, 3.8) is 0 Å². The number of nitrogens with one attached hydrogen (secondary N) is 1. The highest BCUT2D eigenvalue weighted by molar-refractivity contribution is 9.10. The first-order valence-corrected chi connectivity index (χ1v) is 8.06. The Balaban J connectivity index is 2.13. The topological polar surface area (TPSA) is 37.8 Å². The van der Waals surface area contributed by atoms with E-state index < -0.39 is 0 Å². The molecule has 3 nitrogen and oxygen atoms in total. The Labute approximate surface area is 124 Å². The van der Waals surface area contributed by atoms with E-state index in [1.165, 1.54) is 38.5 Å². The van der Waals surface area contributed by atoms with E-state index in [9.17, 15) is 0 Å². The SMILES string of the molecule is CC(C)(C)c1nc(Br)cc(NC2CCCCCC2)n1. The van der Waals surface area contributed by atoms with Crippen LogP contribution in [0.4, 0.5) is 5.82 Å². The number of nitrogens with zero attached hydrogens (tertiary/aromatic N) is 2. The molecule has 1 N–H and O–H groups in total. The lowest BCUT2D eigenvalue weighted by atomic mass is 9.96. The minimum absolute atomic E-state index is 0.0241. The molecule has 1 aliphatic rings. The zero-order chi connectivity index (χ0) is 13.9. The Kier molecular flexibility index (Phi) is 4.82. The fourth-order valence-corrected chi connectivity index (χ4v) is 2.84. The van der Waals surface area contributed by atoms with Gasteiger partial charge in [0, 0.05) is 17.5 Å². The fraction of sp³-hybridized carbons (Fsp3) is 0.733. The van der Waals surface area contributed by atoms with Crippen molar-refractivity contribution in [1.29, 1.82) is 0 Å². The zero-order valence-corrected chi connectivity index (χ0v) is 13.8. The highest BCUT2D eigenvalue weighted by Crippen LogP contribution is 2.25. The quantitative estimate of drug-likeness (QED) is 0.634. The summed E-state index contributed by atoms with van der Waals surface area (Å²) < 4.78 is 0.864. The van der Waals surface area contributed by atoms with Gasteiger partial charge in [-0.3, -0.25) is 0 Å². The van der Waals surface area contributed by atoms with Crippen LogP contribution in [0.2, 0.25) is 0 Å². The second-order valence-electron chi connectivity index (χ2n) is 6.48. The van der Waals surface area contributed by atoms with E-state index in [-0.39, 0.29) is 5.41 Å². The van der Waals surface area contributed by atoms with Crippen LogP contribution >= 0.6 is 15.9 Å². The third kappa shape index (κ3) is 4.44. The first-order valence-electron chi connectivity index (χ1n) is 7.27. The normalized spacial score (nSPS) is 18.1. The van der Waals surface area contributed by atoms with Crippen LogP contribution < -0.4 is 5.32 Å². The molecule has 1 aromatic rings. The summed E-state index contributed by atoms with van der Waals surface area (Å²) >= 11 is 3.49. The summed E-state index contributed by atoms with van der Waals surface area (Å²) in [5.41, 5.74) is -0.0241. The molecule has 0 atom stereocenters. The second kappa shape index (κ2) is 6.21. The number of aromatic nitrogens is 2. The van der Waals surface area contributed by atoms with E-state index in [4.69, 9.17) is 0 Å². The smallest absolute Gasteiger partial charge is 0.137 e. The van der Waals surface area contributed by atoms with Gasteiger partial charge in [0.1, 0.15) is 16.2 Å². The fourth-order valence-electron chi connectivity index (χ4n) is 2.46. The molecule has 1 aromatic heterocycles. The lowest BCUT2D eigenvalue weighted by Gasteiger charge is -2.21. The minimum atomic E-state index is -0.0241. The van der Waals surface area contributed by atoms with E-state index >= 15 is 0 Å². The van der Waals surface area contributed by atoms with Crippen LogP contribution in [0.15, 0.2) is 10.7 Å². The zero-order valence-electron chi connectivity index (χ0n) is 12.2. The van der Waals surface area contributed by atoms with Gasteiger partial charge in [-0.1, -0.05) is 46.5 Å². The van der Waals surface area contributed by atoms with Crippen molar-refractivity contribution in [2.75, 3.05) is 5.32 Å². The lowest BCUT2D eigenvalue weighted by molar-refractivity contribution is 0.542. The molecule has 0 aliphatic heterocycles. The van der Waals surface area contributed by atoms with E-state index in [0.717, 1.165) is 16.2 Å². The van der Waals surface area contributed by atoms with Gasteiger partial charge in [-0.2, -0.15) is 0 Å². The van der Waals surface area contributed by atoms with Gasteiger partial charge in [-0.15, -0.1) is 0 Å².